The van der Waals surface area contributed by atoms with E-state index in [-0.39, 0.29) is 6.04 Å². The standard InChI is InChI=1S/C17H27N3O2S/c1-23(21,22)20(13-15-6-4-10-18-12-15)17-9-5-11-19(14-17)16-7-2-3-8-16/h4,6,10,12,16-17H,2-3,5,7-9,11,13-14H2,1H3. The average molecular weight is 337 g/mol. The molecule has 0 radical (unpaired) electrons. The molecule has 5 nitrogen and oxygen atoms in total. The van der Waals surface area contributed by atoms with Gasteiger partial charge in [-0.05, 0) is 43.9 Å². The van der Waals surface area contributed by atoms with Crippen LogP contribution in [0.5, 0.6) is 0 Å². The molecule has 3 rings (SSSR count). The molecule has 2 fully saturated rings. The molecule has 0 N–H and O–H groups in total. The Hall–Kier alpha value is -0.980. The first-order valence-electron chi connectivity index (χ1n) is 8.64. The molecule has 6 heteroatoms. The van der Waals surface area contributed by atoms with Gasteiger partial charge < -0.3 is 0 Å². The number of likely N-dealkylation sites (tertiary alicyclic amines) is 1. The van der Waals surface area contributed by atoms with Crippen LogP contribution < -0.4 is 0 Å². The predicted octanol–water partition coefficient (Wildman–Crippen LogP) is 2.25. The van der Waals surface area contributed by atoms with E-state index in [1.165, 1.54) is 31.9 Å². The van der Waals surface area contributed by atoms with Crippen LogP contribution in [0, 0.1) is 0 Å². The van der Waals surface area contributed by atoms with E-state index in [4.69, 9.17) is 0 Å². The van der Waals surface area contributed by atoms with Crippen molar-refractivity contribution in [2.24, 2.45) is 0 Å². The van der Waals surface area contributed by atoms with Crippen LogP contribution in [0.1, 0.15) is 44.1 Å². The van der Waals surface area contributed by atoms with Gasteiger partial charge in [0, 0.05) is 37.6 Å². The van der Waals surface area contributed by atoms with Crippen LogP contribution in [-0.2, 0) is 16.6 Å². The Bertz CT molecular complexity index is 600. The first-order valence-corrected chi connectivity index (χ1v) is 10.5. The van der Waals surface area contributed by atoms with Gasteiger partial charge in [-0.15, -0.1) is 0 Å². The number of aromatic nitrogens is 1. The highest BCUT2D eigenvalue weighted by Crippen LogP contribution is 2.28. The molecule has 128 valence electrons. The van der Waals surface area contributed by atoms with Crippen LogP contribution in [0.25, 0.3) is 0 Å². The highest BCUT2D eigenvalue weighted by Gasteiger charge is 2.34. The van der Waals surface area contributed by atoms with Crippen molar-refractivity contribution in [3.63, 3.8) is 0 Å². The molecule has 23 heavy (non-hydrogen) atoms. The summed E-state index contributed by atoms with van der Waals surface area (Å²) in [4.78, 5) is 6.64. The van der Waals surface area contributed by atoms with E-state index in [1.54, 1.807) is 16.7 Å². The zero-order valence-corrected chi connectivity index (χ0v) is 14.7. The summed E-state index contributed by atoms with van der Waals surface area (Å²) in [6, 6.07) is 4.56. The van der Waals surface area contributed by atoms with E-state index in [0.717, 1.165) is 31.5 Å². The smallest absolute Gasteiger partial charge is 0.211 e. The van der Waals surface area contributed by atoms with Gasteiger partial charge in [-0.3, -0.25) is 9.88 Å². The van der Waals surface area contributed by atoms with Gasteiger partial charge in [-0.25, -0.2) is 8.42 Å². The Morgan fingerprint density at radius 3 is 2.70 bits per heavy atom. The zero-order valence-electron chi connectivity index (χ0n) is 13.9. The highest BCUT2D eigenvalue weighted by molar-refractivity contribution is 7.88. The summed E-state index contributed by atoms with van der Waals surface area (Å²) in [5.74, 6) is 0. The van der Waals surface area contributed by atoms with Gasteiger partial charge in [0.2, 0.25) is 10.0 Å². The van der Waals surface area contributed by atoms with Crippen LogP contribution in [-0.4, -0.2) is 54.0 Å². The number of piperidine rings is 1. The number of nitrogens with zero attached hydrogens (tertiary/aromatic N) is 3. The summed E-state index contributed by atoms with van der Waals surface area (Å²) in [5, 5.41) is 0. The maximum absolute atomic E-state index is 12.4. The average Bonchev–Trinajstić information content (AvgIpc) is 3.07. The molecular formula is C17H27N3O2S. The second-order valence-corrected chi connectivity index (χ2v) is 8.83. The summed E-state index contributed by atoms with van der Waals surface area (Å²) in [5.41, 5.74) is 0.955. The molecule has 1 aromatic rings. The fraction of sp³-hybridized carbons (Fsp3) is 0.706. The van der Waals surface area contributed by atoms with Gasteiger partial charge in [-0.2, -0.15) is 4.31 Å². The van der Waals surface area contributed by atoms with E-state index in [9.17, 15) is 8.42 Å². The minimum absolute atomic E-state index is 0.0829. The lowest BCUT2D eigenvalue weighted by atomic mass is 10.0. The van der Waals surface area contributed by atoms with Gasteiger partial charge in [0.25, 0.3) is 0 Å². The minimum Gasteiger partial charge on any atom is -0.299 e. The number of hydrogen-bond acceptors (Lipinski definition) is 4. The van der Waals surface area contributed by atoms with Gasteiger partial charge in [0.1, 0.15) is 0 Å². The number of sulfonamides is 1. The minimum atomic E-state index is -3.23. The van der Waals surface area contributed by atoms with Crippen molar-refractivity contribution < 1.29 is 8.42 Å². The summed E-state index contributed by atoms with van der Waals surface area (Å²) in [7, 11) is -3.23. The van der Waals surface area contributed by atoms with Crippen LogP contribution in [0.3, 0.4) is 0 Å². The van der Waals surface area contributed by atoms with Crippen molar-refractivity contribution in [2.75, 3.05) is 19.3 Å². The summed E-state index contributed by atoms with van der Waals surface area (Å²) < 4.78 is 26.4. The normalized spacial score (nSPS) is 24.3. The first-order chi connectivity index (χ1) is 11.0. The van der Waals surface area contributed by atoms with Crippen molar-refractivity contribution in [1.29, 1.82) is 0 Å². The number of rotatable bonds is 5. The lowest BCUT2D eigenvalue weighted by molar-refractivity contribution is 0.107. The van der Waals surface area contributed by atoms with Crippen molar-refractivity contribution in [3.8, 4) is 0 Å². The second-order valence-electron chi connectivity index (χ2n) is 6.90. The molecule has 1 aromatic heterocycles. The summed E-state index contributed by atoms with van der Waals surface area (Å²) >= 11 is 0. The largest absolute Gasteiger partial charge is 0.299 e. The molecule has 0 aromatic carbocycles. The Balaban J connectivity index is 1.73. The third kappa shape index (κ3) is 4.31. The monoisotopic (exact) mass is 337 g/mol. The van der Waals surface area contributed by atoms with Crippen molar-refractivity contribution in [3.05, 3.63) is 30.1 Å². The van der Waals surface area contributed by atoms with Gasteiger partial charge in [0.05, 0.1) is 6.26 Å². The van der Waals surface area contributed by atoms with Crippen molar-refractivity contribution in [2.45, 2.75) is 57.2 Å². The molecule has 0 amide bonds. The van der Waals surface area contributed by atoms with Crippen LogP contribution in [0.2, 0.25) is 0 Å². The van der Waals surface area contributed by atoms with Crippen molar-refractivity contribution in [1.82, 2.24) is 14.2 Å². The van der Waals surface area contributed by atoms with Gasteiger partial charge in [-0.1, -0.05) is 18.9 Å². The Morgan fingerprint density at radius 2 is 2.04 bits per heavy atom. The molecule has 1 aliphatic carbocycles. The van der Waals surface area contributed by atoms with Crippen molar-refractivity contribution >= 4 is 10.0 Å². The van der Waals surface area contributed by atoms with Crippen LogP contribution in [0.4, 0.5) is 0 Å². The fourth-order valence-electron chi connectivity index (χ4n) is 4.01. The molecule has 1 saturated heterocycles. The Morgan fingerprint density at radius 1 is 1.26 bits per heavy atom. The van der Waals surface area contributed by atoms with E-state index < -0.39 is 10.0 Å². The molecule has 1 unspecified atom stereocenters. The Labute approximate surface area is 139 Å². The summed E-state index contributed by atoms with van der Waals surface area (Å²) in [6.07, 6.45) is 12.0. The van der Waals surface area contributed by atoms with Crippen LogP contribution >= 0.6 is 0 Å². The molecule has 2 aliphatic rings. The zero-order chi connectivity index (χ0) is 16.3. The molecule has 0 bridgehead atoms. The summed E-state index contributed by atoms with van der Waals surface area (Å²) in [6.45, 7) is 2.42. The van der Waals surface area contributed by atoms with E-state index in [2.05, 4.69) is 9.88 Å². The quantitative estimate of drug-likeness (QED) is 0.827. The SMILES string of the molecule is CS(=O)(=O)N(Cc1cccnc1)C1CCCN(C2CCCC2)C1. The number of hydrogen-bond donors (Lipinski definition) is 0. The van der Waals surface area contributed by atoms with Crippen LogP contribution in [0.15, 0.2) is 24.5 Å². The van der Waals surface area contributed by atoms with Gasteiger partial charge in [0.15, 0.2) is 0 Å². The maximum atomic E-state index is 12.4. The molecular weight excluding hydrogens is 310 g/mol. The molecule has 1 aliphatic heterocycles. The predicted molar refractivity (Wildman–Crippen MR) is 91.5 cm³/mol. The third-order valence-corrected chi connectivity index (χ3v) is 6.44. The highest BCUT2D eigenvalue weighted by atomic mass is 32.2. The van der Waals surface area contributed by atoms with Gasteiger partial charge >= 0.3 is 0 Å². The number of pyridine rings is 1. The topological polar surface area (TPSA) is 53.5 Å². The lowest BCUT2D eigenvalue weighted by Gasteiger charge is -2.40. The molecule has 1 atom stereocenters. The molecule has 2 heterocycles. The third-order valence-electron chi connectivity index (χ3n) is 5.16. The van der Waals surface area contributed by atoms with E-state index >= 15 is 0 Å². The Kier molecular flexibility index (Phi) is 5.34. The van der Waals surface area contributed by atoms with E-state index in [0.29, 0.717) is 12.6 Å². The first kappa shape index (κ1) is 16.9. The van der Waals surface area contributed by atoms with E-state index in [1.807, 2.05) is 12.1 Å². The maximum Gasteiger partial charge on any atom is 0.211 e. The second kappa shape index (κ2) is 7.28. The molecule has 1 saturated carbocycles. The fourth-order valence-corrected chi connectivity index (χ4v) is 5.11. The lowest BCUT2D eigenvalue weighted by Crippen LogP contribution is -2.51. The molecule has 0 spiro atoms.